The summed E-state index contributed by atoms with van der Waals surface area (Å²) < 4.78 is 29.6. The first-order chi connectivity index (χ1) is 11.5. The third-order valence-corrected chi connectivity index (χ3v) is 3.36. The lowest BCUT2D eigenvalue weighted by molar-refractivity contribution is 0.0816. The van der Waals surface area contributed by atoms with E-state index < -0.39 is 19.1 Å². The number of rotatable bonds is 6. The number of anilines is 1. The van der Waals surface area contributed by atoms with Crippen molar-refractivity contribution in [1.29, 1.82) is 0 Å². The van der Waals surface area contributed by atoms with Gasteiger partial charge in [0.05, 0.1) is 6.04 Å². The van der Waals surface area contributed by atoms with Gasteiger partial charge < -0.3 is 15.4 Å². The smallest absolute Gasteiger partial charge is 0.319 e. The molecule has 0 saturated carbocycles. The first kappa shape index (κ1) is 17.7. The number of alkyl halides is 2. The molecule has 1 aromatic carbocycles. The summed E-state index contributed by atoms with van der Waals surface area (Å²) in [6.07, 6.45) is 0.751. The van der Waals surface area contributed by atoms with Crippen molar-refractivity contribution in [3.63, 3.8) is 0 Å². The van der Waals surface area contributed by atoms with E-state index in [1.54, 1.807) is 31.5 Å². The summed E-state index contributed by atoms with van der Waals surface area (Å²) in [6, 6.07) is 7.93. The molecule has 128 valence electrons. The molecule has 2 aromatic rings. The number of nitrogens with zero attached hydrogens (tertiary/aromatic N) is 1. The van der Waals surface area contributed by atoms with Crippen LogP contribution < -0.4 is 15.4 Å². The molecule has 1 atom stereocenters. The van der Waals surface area contributed by atoms with E-state index in [9.17, 15) is 13.6 Å². The van der Waals surface area contributed by atoms with Gasteiger partial charge in [-0.15, -0.1) is 0 Å². The van der Waals surface area contributed by atoms with Crippen LogP contribution >= 0.6 is 0 Å². The van der Waals surface area contributed by atoms with Gasteiger partial charge in [-0.3, -0.25) is 4.98 Å². The lowest BCUT2D eigenvalue weighted by Crippen LogP contribution is -2.31. The predicted molar refractivity (Wildman–Crippen MR) is 87.5 cm³/mol. The second-order valence-corrected chi connectivity index (χ2v) is 5.28. The van der Waals surface area contributed by atoms with Gasteiger partial charge in [0.2, 0.25) is 0 Å². The van der Waals surface area contributed by atoms with Crippen molar-refractivity contribution in [2.24, 2.45) is 0 Å². The molecule has 1 heterocycles. The van der Waals surface area contributed by atoms with Crippen LogP contribution in [0.4, 0.5) is 19.3 Å². The summed E-state index contributed by atoms with van der Waals surface area (Å²) in [6.45, 7) is 2.91. The average Bonchev–Trinajstić information content (AvgIpc) is 2.56. The minimum Gasteiger partial charge on any atom is -0.487 e. The number of carbonyl (C=O) groups excluding carboxylic acids is 1. The molecule has 0 radical (unpaired) electrons. The van der Waals surface area contributed by atoms with Gasteiger partial charge in [0.25, 0.3) is 6.43 Å². The maximum Gasteiger partial charge on any atom is 0.319 e. The molecule has 2 N–H and O–H groups in total. The van der Waals surface area contributed by atoms with Gasteiger partial charge in [0.15, 0.2) is 0 Å². The minimum absolute atomic E-state index is 0.201. The number of halogens is 2. The fourth-order valence-corrected chi connectivity index (χ4v) is 2.09. The molecule has 0 saturated heterocycles. The van der Waals surface area contributed by atoms with E-state index >= 15 is 0 Å². The zero-order chi connectivity index (χ0) is 17.5. The number of aromatic nitrogens is 1. The third kappa shape index (κ3) is 5.19. The minimum atomic E-state index is -2.55. The van der Waals surface area contributed by atoms with Crippen molar-refractivity contribution in [3.8, 4) is 5.75 Å². The Morgan fingerprint density at radius 1 is 1.25 bits per heavy atom. The number of amides is 2. The molecule has 0 aliphatic rings. The number of urea groups is 1. The molecule has 0 fully saturated rings. The second kappa shape index (κ2) is 8.24. The Kier molecular flexibility index (Phi) is 6.06. The topological polar surface area (TPSA) is 63.2 Å². The summed E-state index contributed by atoms with van der Waals surface area (Å²) in [5.41, 5.74) is 2.10. The van der Waals surface area contributed by atoms with E-state index in [0.29, 0.717) is 17.0 Å². The summed E-state index contributed by atoms with van der Waals surface area (Å²) >= 11 is 0. The first-order valence-corrected chi connectivity index (χ1v) is 7.44. The zero-order valence-corrected chi connectivity index (χ0v) is 13.4. The Morgan fingerprint density at radius 3 is 2.62 bits per heavy atom. The van der Waals surface area contributed by atoms with E-state index in [-0.39, 0.29) is 6.04 Å². The van der Waals surface area contributed by atoms with Gasteiger partial charge >= 0.3 is 6.03 Å². The molecule has 0 bridgehead atoms. The van der Waals surface area contributed by atoms with Gasteiger partial charge in [0, 0.05) is 24.1 Å². The summed E-state index contributed by atoms with van der Waals surface area (Å²) in [7, 11) is 0. The van der Waals surface area contributed by atoms with Crippen LogP contribution in [0.3, 0.4) is 0 Å². The lowest BCUT2D eigenvalue weighted by atomic mass is 10.1. The molecule has 0 aliphatic heterocycles. The monoisotopic (exact) mass is 335 g/mol. The molecule has 5 nitrogen and oxygen atoms in total. The van der Waals surface area contributed by atoms with Crippen LogP contribution in [-0.2, 0) is 0 Å². The molecule has 2 amide bonds. The van der Waals surface area contributed by atoms with Gasteiger partial charge in [-0.25, -0.2) is 13.6 Å². The number of carbonyl (C=O) groups is 1. The summed E-state index contributed by atoms with van der Waals surface area (Å²) in [5, 5.41) is 5.45. The van der Waals surface area contributed by atoms with Crippen molar-refractivity contribution < 1.29 is 18.3 Å². The molecule has 1 unspecified atom stereocenters. The highest BCUT2D eigenvalue weighted by molar-refractivity contribution is 5.89. The Labute approximate surface area is 139 Å². The van der Waals surface area contributed by atoms with E-state index in [0.717, 1.165) is 5.56 Å². The largest absolute Gasteiger partial charge is 0.487 e. The molecule has 24 heavy (non-hydrogen) atoms. The van der Waals surface area contributed by atoms with Crippen LogP contribution in [0.2, 0.25) is 0 Å². The molecule has 0 aliphatic carbocycles. The van der Waals surface area contributed by atoms with Crippen LogP contribution in [0.1, 0.15) is 24.1 Å². The Hall–Kier alpha value is -2.70. The fraction of sp³-hybridized carbons (Fsp3) is 0.294. The maximum absolute atomic E-state index is 12.3. The zero-order valence-electron chi connectivity index (χ0n) is 13.4. The molecular formula is C17H19F2N3O2. The number of hydrogen-bond donors (Lipinski definition) is 2. The number of aryl methyl sites for hydroxylation is 1. The second-order valence-electron chi connectivity index (χ2n) is 5.28. The SMILES string of the molecule is Cc1ccc(NC(=O)NC(C)c2ccncc2)cc1OCC(F)F. The maximum atomic E-state index is 12.3. The van der Waals surface area contributed by atoms with E-state index in [4.69, 9.17) is 4.74 Å². The number of benzene rings is 1. The number of hydrogen-bond acceptors (Lipinski definition) is 3. The van der Waals surface area contributed by atoms with Gasteiger partial charge in [-0.2, -0.15) is 0 Å². The van der Waals surface area contributed by atoms with Gasteiger partial charge in [-0.1, -0.05) is 6.07 Å². The number of nitrogens with one attached hydrogen (secondary N) is 2. The van der Waals surface area contributed by atoms with Gasteiger partial charge in [-0.05, 0) is 43.2 Å². The van der Waals surface area contributed by atoms with Crippen LogP contribution in [0.5, 0.6) is 5.75 Å². The van der Waals surface area contributed by atoms with Crippen molar-refractivity contribution >= 4 is 11.7 Å². The van der Waals surface area contributed by atoms with Crippen molar-refractivity contribution in [2.45, 2.75) is 26.3 Å². The highest BCUT2D eigenvalue weighted by Gasteiger charge is 2.11. The summed E-state index contributed by atoms with van der Waals surface area (Å²) in [4.78, 5) is 16.0. The average molecular weight is 335 g/mol. The quantitative estimate of drug-likeness (QED) is 0.841. The van der Waals surface area contributed by atoms with E-state index in [2.05, 4.69) is 15.6 Å². The number of ether oxygens (including phenoxy) is 1. The normalized spacial score (nSPS) is 11.9. The molecule has 2 rings (SSSR count). The van der Waals surface area contributed by atoms with Crippen LogP contribution in [0.25, 0.3) is 0 Å². The molecule has 0 spiro atoms. The molecule has 7 heteroatoms. The van der Waals surface area contributed by atoms with Crippen molar-refractivity contribution in [1.82, 2.24) is 10.3 Å². The summed E-state index contributed by atoms with van der Waals surface area (Å²) in [5.74, 6) is 0.315. The van der Waals surface area contributed by atoms with Crippen LogP contribution in [0, 0.1) is 6.92 Å². The number of pyridine rings is 1. The van der Waals surface area contributed by atoms with Crippen molar-refractivity contribution in [3.05, 3.63) is 53.9 Å². The Morgan fingerprint density at radius 2 is 1.96 bits per heavy atom. The van der Waals surface area contributed by atoms with Gasteiger partial charge in [0.1, 0.15) is 12.4 Å². The molecule has 1 aromatic heterocycles. The third-order valence-electron chi connectivity index (χ3n) is 3.36. The fourth-order valence-electron chi connectivity index (χ4n) is 2.09. The van der Waals surface area contributed by atoms with Crippen LogP contribution in [-0.4, -0.2) is 24.0 Å². The van der Waals surface area contributed by atoms with Crippen molar-refractivity contribution in [2.75, 3.05) is 11.9 Å². The molecular weight excluding hydrogens is 316 g/mol. The lowest BCUT2D eigenvalue weighted by Gasteiger charge is -2.16. The highest BCUT2D eigenvalue weighted by Crippen LogP contribution is 2.23. The Bertz CT molecular complexity index is 681. The van der Waals surface area contributed by atoms with E-state index in [1.165, 1.54) is 6.07 Å². The van der Waals surface area contributed by atoms with Crippen LogP contribution in [0.15, 0.2) is 42.7 Å². The highest BCUT2D eigenvalue weighted by atomic mass is 19.3. The Balaban J connectivity index is 1.97. The standard InChI is InChI=1S/C17H19F2N3O2/c1-11-3-4-14(9-15(11)24-10-16(18)19)22-17(23)21-12(2)13-5-7-20-8-6-13/h3-9,12,16H,10H2,1-2H3,(H2,21,22,23). The van der Waals surface area contributed by atoms with E-state index in [1.807, 2.05) is 19.1 Å². The predicted octanol–water partition coefficient (Wildman–Crippen LogP) is 3.92. The first-order valence-electron chi connectivity index (χ1n) is 7.44.